The maximum atomic E-state index is 13.7. The fraction of sp³-hybridized carbons (Fsp3) is 0.0909. The highest BCUT2D eigenvalue weighted by Crippen LogP contribution is 2.31. The zero-order valence-corrected chi connectivity index (χ0v) is 9.70. The molecule has 2 N–H and O–H groups in total. The Bertz CT molecular complexity index is 562. The molecule has 0 saturated carbocycles. The molecule has 88 valence electrons. The Balaban J connectivity index is 2.59. The Morgan fingerprint density at radius 2 is 2.18 bits per heavy atom. The van der Waals surface area contributed by atoms with E-state index in [-0.39, 0.29) is 22.2 Å². The summed E-state index contributed by atoms with van der Waals surface area (Å²) < 4.78 is 18.7. The average Bonchev–Trinajstić information content (AvgIpc) is 2.29. The van der Waals surface area contributed by atoms with E-state index >= 15 is 0 Å². The molecule has 2 aromatic rings. The van der Waals surface area contributed by atoms with Crippen LogP contribution in [0.2, 0.25) is 5.02 Å². The smallest absolute Gasteiger partial charge is 0.164 e. The van der Waals surface area contributed by atoms with Gasteiger partial charge in [0.15, 0.2) is 5.82 Å². The average molecular weight is 254 g/mol. The fourth-order valence-corrected chi connectivity index (χ4v) is 1.59. The van der Waals surface area contributed by atoms with Gasteiger partial charge in [0.25, 0.3) is 0 Å². The van der Waals surface area contributed by atoms with Crippen LogP contribution in [0.3, 0.4) is 0 Å². The number of rotatable bonds is 2. The molecule has 0 saturated heterocycles. The summed E-state index contributed by atoms with van der Waals surface area (Å²) in [4.78, 5) is 7.88. The first-order valence-corrected chi connectivity index (χ1v) is 5.11. The molecule has 0 unspecified atom stereocenters. The molecule has 0 aliphatic carbocycles. The van der Waals surface area contributed by atoms with Gasteiger partial charge in [0.05, 0.1) is 17.7 Å². The minimum absolute atomic E-state index is 0.192. The number of hydrogen-bond acceptors (Lipinski definition) is 4. The normalized spacial score (nSPS) is 10.3. The lowest BCUT2D eigenvalue weighted by molar-refractivity contribution is 0.414. The SMILES string of the molecule is COc1cc(-c2nccc(N)n2)c(F)cc1Cl. The van der Waals surface area contributed by atoms with E-state index in [4.69, 9.17) is 22.1 Å². The Morgan fingerprint density at radius 1 is 1.41 bits per heavy atom. The van der Waals surface area contributed by atoms with E-state index in [1.54, 1.807) is 0 Å². The highest BCUT2D eigenvalue weighted by molar-refractivity contribution is 6.32. The van der Waals surface area contributed by atoms with Gasteiger partial charge in [0.2, 0.25) is 0 Å². The third kappa shape index (κ3) is 2.29. The standard InChI is InChI=1S/C11H9ClFN3O/c1-17-9-4-6(8(13)5-7(9)12)11-15-3-2-10(14)16-11/h2-5H,1H3,(H2,14,15,16). The second-order valence-corrected chi connectivity index (χ2v) is 3.68. The zero-order chi connectivity index (χ0) is 12.4. The summed E-state index contributed by atoms with van der Waals surface area (Å²) in [7, 11) is 1.45. The van der Waals surface area contributed by atoms with E-state index in [0.717, 1.165) is 6.07 Å². The predicted molar refractivity (Wildman–Crippen MR) is 63.4 cm³/mol. The Morgan fingerprint density at radius 3 is 2.82 bits per heavy atom. The van der Waals surface area contributed by atoms with Gasteiger partial charge in [0, 0.05) is 6.20 Å². The van der Waals surface area contributed by atoms with E-state index in [2.05, 4.69) is 9.97 Å². The monoisotopic (exact) mass is 253 g/mol. The first kappa shape index (κ1) is 11.6. The van der Waals surface area contributed by atoms with Crippen LogP contribution in [0.5, 0.6) is 5.75 Å². The number of benzene rings is 1. The lowest BCUT2D eigenvalue weighted by atomic mass is 10.2. The van der Waals surface area contributed by atoms with E-state index in [1.165, 1.54) is 25.4 Å². The van der Waals surface area contributed by atoms with Crippen LogP contribution >= 0.6 is 11.6 Å². The third-order valence-electron chi connectivity index (χ3n) is 2.16. The number of halogens is 2. The predicted octanol–water partition coefficient (Wildman–Crippen LogP) is 2.53. The van der Waals surface area contributed by atoms with Crippen molar-refractivity contribution in [2.24, 2.45) is 0 Å². The largest absolute Gasteiger partial charge is 0.495 e. The molecule has 0 spiro atoms. The van der Waals surface area contributed by atoms with Crippen LogP contribution in [0.4, 0.5) is 10.2 Å². The molecule has 17 heavy (non-hydrogen) atoms. The van der Waals surface area contributed by atoms with Gasteiger partial charge >= 0.3 is 0 Å². The van der Waals surface area contributed by atoms with Crippen molar-refractivity contribution >= 4 is 17.4 Å². The van der Waals surface area contributed by atoms with Gasteiger partial charge in [-0.3, -0.25) is 0 Å². The molecule has 2 rings (SSSR count). The molecule has 1 aromatic carbocycles. The third-order valence-corrected chi connectivity index (χ3v) is 2.45. The zero-order valence-electron chi connectivity index (χ0n) is 8.95. The second kappa shape index (κ2) is 4.55. The molecule has 0 amide bonds. The number of ether oxygens (including phenoxy) is 1. The molecule has 6 heteroatoms. The van der Waals surface area contributed by atoms with Crippen molar-refractivity contribution in [3.8, 4) is 17.1 Å². The van der Waals surface area contributed by atoms with E-state index in [0.29, 0.717) is 5.75 Å². The van der Waals surface area contributed by atoms with Crippen molar-refractivity contribution in [3.63, 3.8) is 0 Å². The maximum Gasteiger partial charge on any atom is 0.164 e. The van der Waals surface area contributed by atoms with Gasteiger partial charge in [0.1, 0.15) is 17.4 Å². The van der Waals surface area contributed by atoms with Crippen LogP contribution in [-0.4, -0.2) is 17.1 Å². The van der Waals surface area contributed by atoms with Gasteiger partial charge in [-0.25, -0.2) is 14.4 Å². The maximum absolute atomic E-state index is 13.7. The molecule has 0 atom stereocenters. The molecule has 0 radical (unpaired) electrons. The molecule has 1 heterocycles. The highest BCUT2D eigenvalue weighted by atomic mass is 35.5. The van der Waals surface area contributed by atoms with Crippen molar-refractivity contribution in [2.75, 3.05) is 12.8 Å². The number of anilines is 1. The number of nitrogens with two attached hydrogens (primary N) is 1. The van der Waals surface area contributed by atoms with Gasteiger partial charge in [-0.1, -0.05) is 11.6 Å². The van der Waals surface area contributed by atoms with Crippen molar-refractivity contribution in [1.29, 1.82) is 0 Å². The summed E-state index contributed by atoms with van der Waals surface area (Å²) in [5.41, 5.74) is 5.71. The van der Waals surface area contributed by atoms with Crippen molar-refractivity contribution < 1.29 is 9.13 Å². The summed E-state index contributed by atoms with van der Waals surface area (Å²) in [6, 6.07) is 4.11. The number of aromatic nitrogens is 2. The molecule has 0 aliphatic heterocycles. The number of methoxy groups -OCH3 is 1. The van der Waals surface area contributed by atoms with Crippen LogP contribution in [0.1, 0.15) is 0 Å². The Hall–Kier alpha value is -1.88. The van der Waals surface area contributed by atoms with Crippen molar-refractivity contribution in [2.45, 2.75) is 0 Å². The lowest BCUT2D eigenvalue weighted by Crippen LogP contribution is -1.97. The summed E-state index contributed by atoms with van der Waals surface area (Å²) in [6.45, 7) is 0. The number of hydrogen-bond donors (Lipinski definition) is 1. The Kier molecular flexibility index (Phi) is 3.10. The molecular weight excluding hydrogens is 245 g/mol. The van der Waals surface area contributed by atoms with E-state index in [1.807, 2.05) is 0 Å². The number of nitrogen functional groups attached to an aromatic ring is 1. The van der Waals surface area contributed by atoms with Gasteiger partial charge in [-0.05, 0) is 18.2 Å². The van der Waals surface area contributed by atoms with Gasteiger partial charge in [-0.2, -0.15) is 0 Å². The van der Waals surface area contributed by atoms with E-state index in [9.17, 15) is 4.39 Å². The van der Waals surface area contributed by atoms with Crippen molar-refractivity contribution in [1.82, 2.24) is 9.97 Å². The molecule has 0 bridgehead atoms. The van der Waals surface area contributed by atoms with Gasteiger partial charge < -0.3 is 10.5 Å². The van der Waals surface area contributed by atoms with E-state index < -0.39 is 5.82 Å². The molecule has 1 aromatic heterocycles. The second-order valence-electron chi connectivity index (χ2n) is 3.27. The van der Waals surface area contributed by atoms with Crippen LogP contribution in [-0.2, 0) is 0 Å². The summed E-state index contributed by atoms with van der Waals surface area (Å²) in [6.07, 6.45) is 1.46. The number of nitrogens with zero attached hydrogens (tertiary/aromatic N) is 2. The summed E-state index contributed by atoms with van der Waals surface area (Å²) >= 11 is 5.79. The summed E-state index contributed by atoms with van der Waals surface area (Å²) in [5.74, 6) is 0.288. The highest BCUT2D eigenvalue weighted by Gasteiger charge is 2.13. The first-order valence-electron chi connectivity index (χ1n) is 4.73. The molecule has 4 nitrogen and oxygen atoms in total. The van der Waals surface area contributed by atoms with Crippen LogP contribution in [0.15, 0.2) is 24.4 Å². The molecule has 0 fully saturated rings. The lowest BCUT2D eigenvalue weighted by Gasteiger charge is -2.07. The first-order chi connectivity index (χ1) is 8.11. The van der Waals surface area contributed by atoms with Crippen molar-refractivity contribution in [3.05, 3.63) is 35.2 Å². The van der Waals surface area contributed by atoms with Gasteiger partial charge in [-0.15, -0.1) is 0 Å². The minimum Gasteiger partial charge on any atom is -0.495 e. The quantitative estimate of drug-likeness (QED) is 0.893. The van der Waals surface area contributed by atoms with Crippen LogP contribution < -0.4 is 10.5 Å². The topological polar surface area (TPSA) is 61.0 Å². The van der Waals surface area contributed by atoms with Crippen LogP contribution in [0.25, 0.3) is 11.4 Å². The molecular formula is C11H9ClFN3O. The fourth-order valence-electron chi connectivity index (χ4n) is 1.36. The molecule has 0 aliphatic rings. The van der Waals surface area contributed by atoms with Crippen LogP contribution in [0, 0.1) is 5.82 Å². The minimum atomic E-state index is -0.526. The summed E-state index contributed by atoms with van der Waals surface area (Å²) in [5, 5.41) is 0.192. The Labute approximate surface area is 102 Å².